The van der Waals surface area contributed by atoms with E-state index in [4.69, 9.17) is 9.84 Å². The van der Waals surface area contributed by atoms with E-state index in [2.05, 4.69) is 0 Å². The maximum atomic E-state index is 11.5. The lowest BCUT2D eigenvalue weighted by atomic mass is 10.1. The summed E-state index contributed by atoms with van der Waals surface area (Å²) in [6.45, 7) is 1.64. The maximum Gasteiger partial charge on any atom is 0.335 e. The molecule has 1 aliphatic heterocycles. The van der Waals surface area contributed by atoms with Crippen molar-refractivity contribution in [3.05, 3.63) is 29.3 Å². The van der Waals surface area contributed by atoms with Crippen LogP contribution in [0.3, 0.4) is 0 Å². The Bertz CT molecular complexity index is 422. The van der Waals surface area contributed by atoms with Crippen LogP contribution in [0.5, 0.6) is 5.75 Å². The number of carbonyl (C=O) groups is 2. The summed E-state index contributed by atoms with van der Waals surface area (Å²) in [6, 6.07) is 4.29. The predicted molar refractivity (Wildman–Crippen MR) is 47.8 cm³/mol. The Balaban J connectivity index is 2.51. The average molecular weight is 192 g/mol. The van der Waals surface area contributed by atoms with Crippen molar-refractivity contribution < 1.29 is 19.4 Å². The largest absolute Gasteiger partial charge is 0.482 e. The van der Waals surface area contributed by atoms with Gasteiger partial charge in [0.2, 0.25) is 5.78 Å². The van der Waals surface area contributed by atoms with Gasteiger partial charge in [-0.05, 0) is 25.1 Å². The lowest BCUT2D eigenvalue weighted by Crippen LogP contribution is -2.14. The van der Waals surface area contributed by atoms with Gasteiger partial charge < -0.3 is 9.84 Å². The van der Waals surface area contributed by atoms with Gasteiger partial charge in [0.15, 0.2) is 6.10 Å². The Morgan fingerprint density at radius 3 is 2.86 bits per heavy atom. The van der Waals surface area contributed by atoms with E-state index in [1.54, 1.807) is 6.92 Å². The third kappa shape index (κ3) is 1.16. The first-order chi connectivity index (χ1) is 6.59. The molecule has 0 spiro atoms. The number of ether oxygens (including phenoxy) is 1. The lowest BCUT2D eigenvalue weighted by molar-refractivity contribution is 0.0697. The highest BCUT2D eigenvalue weighted by Gasteiger charge is 2.29. The summed E-state index contributed by atoms with van der Waals surface area (Å²) in [6.07, 6.45) is -0.506. The molecule has 1 unspecified atom stereocenters. The summed E-state index contributed by atoms with van der Waals surface area (Å²) in [5.41, 5.74) is 0.465. The first kappa shape index (κ1) is 8.74. The fraction of sp³-hybridized carbons (Fsp3) is 0.200. The van der Waals surface area contributed by atoms with Crippen molar-refractivity contribution in [1.29, 1.82) is 0 Å². The molecule has 0 bridgehead atoms. The molecule has 0 aliphatic carbocycles. The molecule has 1 aromatic rings. The molecular weight excluding hydrogens is 184 g/mol. The van der Waals surface area contributed by atoms with E-state index in [0.717, 1.165) is 0 Å². The highest BCUT2D eigenvalue weighted by molar-refractivity contribution is 6.05. The van der Waals surface area contributed by atoms with E-state index >= 15 is 0 Å². The molecule has 0 radical (unpaired) electrons. The molecule has 0 amide bonds. The zero-order valence-corrected chi connectivity index (χ0v) is 7.48. The number of hydrogen-bond acceptors (Lipinski definition) is 3. The first-order valence-corrected chi connectivity index (χ1v) is 4.18. The van der Waals surface area contributed by atoms with Gasteiger partial charge in [-0.1, -0.05) is 0 Å². The van der Waals surface area contributed by atoms with E-state index in [1.807, 2.05) is 0 Å². The molecule has 0 saturated carbocycles. The Morgan fingerprint density at radius 1 is 1.50 bits per heavy atom. The second-order valence-corrected chi connectivity index (χ2v) is 3.14. The second kappa shape index (κ2) is 2.83. The molecule has 4 nitrogen and oxygen atoms in total. The van der Waals surface area contributed by atoms with E-state index in [9.17, 15) is 9.59 Å². The van der Waals surface area contributed by atoms with Crippen molar-refractivity contribution in [2.45, 2.75) is 13.0 Å². The number of aromatic carboxylic acids is 1. The number of benzene rings is 1. The number of Topliss-reactive ketones (excluding diaryl/α,β-unsaturated/α-hetero) is 1. The number of carbonyl (C=O) groups excluding carboxylic acids is 1. The van der Waals surface area contributed by atoms with Crippen LogP contribution in [0.1, 0.15) is 27.6 Å². The van der Waals surface area contributed by atoms with Crippen LogP contribution < -0.4 is 4.74 Å². The zero-order chi connectivity index (χ0) is 10.3. The summed E-state index contributed by atoms with van der Waals surface area (Å²) in [4.78, 5) is 22.1. The number of carboxylic acids is 1. The smallest absolute Gasteiger partial charge is 0.335 e. The molecule has 72 valence electrons. The summed E-state index contributed by atoms with van der Waals surface area (Å²) in [5.74, 6) is -0.740. The molecule has 0 saturated heterocycles. The van der Waals surface area contributed by atoms with Gasteiger partial charge in [0, 0.05) is 0 Å². The monoisotopic (exact) mass is 192 g/mol. The Labute approximate surface area is 80.1 Å². The van der Waals surface area contributed by atoms with Gasteiger partial charge in [-0.15, -0.1) is 0 Å². The molecule has 0 fully saturated rings. The lowest BCUT2D eigenvalue weighted by Gasteiger charge is -2.00. The van der Waals surface area contributed by atoms with E-state index in [0.29, 0.717) is 11.3 Å². The second-order valence-electron chi connectivity index (χ2n) is 3.14. The van der Waals surface area contributed by atoms with Crippen molar-refractivity contribution in [1.82, 2.24) is 0 Å². The minimum Gasteiger partial charge on any atom is -0.482 e. The van der Waals surface area contributed by atoms with Crippen LogP contribution in [-0.4, -0.2) is 23.0 Å². The fourth-order valence-corrected chi connectivity index (χ4v) is 1.42. The van der Waals surface area contributed by atoms with Crippen molar-refractivity contribution in [3.63, 3.8) is 0 Å². The van der Waals surface area contributed by atoms with Gasteiger partial charge in [-0.25, -0.2) is 4.79 Å². The minimum absolute atomic E-state index is 0.106. The Kier molecular flexibility index (Phi) is 1.77. The third-order valence-corrected chi connectivity index (χ3v) is 2.16. The summed E-state index contributed by atoms with van der Waals surface area (Å²) >= 11 is 0. The van der Waals surface area contributed by atoms with Gasteiger partial charge in [0.05, 0.1) is 11.1 Å². The molecule has 1 N–H and O–H groups in total. The van der Waals surface area contributed by atoms with Crippen LogP contribution in [0.2, 0.25) is 0 Å². The number of carboxylic acid groups (broad SMARTS) is 1. The van der Waals surface area contributed by atoms with Gasteiger partial charge in [0.25, 0.3) is 0 Å². The van der Waals surface area contributed by atoms with Crippen LogP contribution in [0.25, 0.3) is 0 Å². The fourth-order valence-electron chi connectivity index (χ4n) is 1.42. The Morgan fingerprint density at radius 2 is 2.21 bits per heavy atom. The molecule has 1 aromatic carbocycles. The highest BCUT2D eigenvalue weighted by Crippen LogP contribution is 2.29. The van der Waals surface area contributed by atoms with Crippen molar-refractivity contribution >= 4 is 11.8 Å². The molecule has 0 aromatic heterocycles. The predicted octanol–water partition coefficient (Wildman–Crippen LogP) is 1.35. The zero-order valence-electron chi connectivity index (χ0n) is 7.48. The Hall–Kier alpha value is -1.84. The number of ketones is 1. The van der Waals surface area contributed by atoms with Gasteiger partial charge in [-0.2, -0.15) is 0 Å². The number of rotatable bonds is 1. The molecule has 4 heteroatoms. The topological polar surface area (TPSA) is 63.6 Å². The quantitative estimate of drug-likeness (QED) is 0.729. The van der Waals surface area contributed by atoms with Crippen LogP contribution in [0.4, 0.5) is 0 Å². The van der Waals surface area contributed by atoms with Crippen molar-refractivity contribution in [2.75, 3.05) is 0 Å². The first-order valence-electron chi connectivity index (χ1n) is 4.18. The van der Waals surface area contributed by atoms with Crippen molar-refractivity contribution in [3.8, 4) is 5.75 Å². The SMILES string of the molecule is CC1Oc2ccc(C(=O)O)cc2C1=O. The third-order valence-electron chi connectivity index (χ3n) is 2.16. The van der Waals surface area contributed by atoms with Crippen LogP contribution >= 0.6 is 0 Å². The van der Waals surface area contributed by atoms with Crippen LogP contribution in [-0.2, 0) is 0 Å². The molecular formula is C10H8O4. The van der Waals surface area contributed by atoms with E-state index < -0.39 is 12.1 Å². The maximum absolute atomic E-state index is 11.5. The number of fused-ring (bicyclic) bond motifs is 1. The van der Waals surface area contributed by atoms with Crippen LogP contribution in [0, 0.1) is 0 Å². The van der Waals surface area contributed by atoms with E-state index in [1.165, 1.54) is 18.2 Å². The van der Waals surface area contributed by atoms with Crippen LogP contribution in [0.15, 0.2) is 18.2 Å². The molecule has 2 rings (SSSR count). The van der Waals surface area contributed by atoms with Gasteiger partial charge >= 0.3 is 5.97 Å². The normalized spacial score (nSPS) is 18.9. The van der Waals surface area contributed by atoms with Gasteiger partial charge in [0.1, 0.15) is 5.75 Å². The number of hydrogen-bond donors (Lipinski definition) is 1. The average Bonchev–Trinajstić information content (AvgIpc) is 2.43. The van der Waals surface area contributed by atoms with Gasteiger partial charge in [-0.3, -0.25) is 4.79 Å². The molecule has 1 aliphatic rings. The standard InChI is InChI=1S/C10H8O4/c1-5-9(11)7-4-6(10(12)13)2-3-8(7)14-5/h2-5H,1H3,(H,12,13). The summed E-state index contributed by atoms with van der Waals surface area (Å²) < 4.78 is 5.21. The van der Waals surface area contributed by atoms with Crippen molar-refractivity contribution in [2.24, 2.45) is 0 Å². The molecule has 1 heterocycles. The summed E-state index contributed by atoms with van der Waals surface area (Å²) in [7, 11) is 0. The van der Waals surface area contributed by atoms with E-state index in [-0.39, 0.29) is 11.3 Å². The molecule has 14 heavy (non-hydrogen) atoms. The highest BCUT2D eigenvalue weighted by atomic mass is 16.5. The molecule has 1 atom stereocenters. The summed E-state index contributed by atoms with van der Waals surface area (Å²) in [5, 5.41) is 8.72. The minimum atomic E-state index is -1.04.